The van der Waals surface area contributed by atoms with Gasteiger partial charge in [-0.15, -0.1) is 6.58 Å². The van der Waals surface area contributed by atoms with E-state index in [1.54, 1.807) is 0 Å². The van der Waals surface area contributed by atoms with Gasteiger partial charge in [0.15, 0.2) is 0 Å². The Morgan fingerprint density at radius 2 is 2.47 bits per heavy atom. The van der Waals surface area contributed by atoms with Crippen LogP contribution in [-0.4, -0.2) is 48.5 Å². The third-order valence-corrected chi connectivity index (χ3v) is 2.96. The number of likely N-dealkylation sites (N-methyl/N-ethyl adjacent to an activating group) is 1. The molecule has 2 unspecified atom stereocenters. The summed E-state index contributed by atoms with van der Waals surface area (Å²) in [6.45, 7) is 9.47. The predicted molar refractivity (Wildman–Crippen MR) is 61.9 cm³/mol. The molecule has 0 aromatic rings. The quantitative estimate of drug-likeness (QED) is 0.535. The molecule has 1 fully saturated rings. The molecule has 0 bridgehead atoms. The van der Waals surface area contributed by atoms with E-state index < -0.39 is 0 Å². The lowest BCUT2D eigenvalue weighted by atomic mass is 10.1. The molecule has 1 heterocycles. The maximum Gasteiger partial charge on any atom is 0.0960 e. The zero-order valence-corrected chi connectivity index (χ0v) is 9.69. The lowest BCUT2D eigenvalue weighted by Crippen LogP contribution is -2.47. The molecule has 1 aliphatic heterocycles. The van der Waals surface area contributed by atoms with Crippen molar-refractivity contribution >= 4 is 0 Å². The average molecular weight is 213 g/mol. The first-order valence-corrected chi connectivity index (χ1v) is 5.90. The molecule has 0 aromatic carbocycles. The van der Waals surface area contributed by atoms with E-state index in [4.69, 9.17) is 4.74 Å². The van der Waals surface area contributed by atoms with Crippen LogP contribution < -0.4 is 0 Å². The Kier molecular flexibility index (Phi) is 5.91. The highest BCUT2D eigenvalue weighted by Gasteiger charge is 2.25. The Hall–Kier alpha value is -0.380. The maximum absolute atomic E-state index is 9.93. The molecule has 15 heavy (non-hydrogen) atoms. The first-order chi connectivity index (χ1) is 7.27. The summed E-state index contributed by atoms with van der Waals surface area (Å²) in [5, 5.41) is 9.93. The highest BCUT2D eigenvalue weighted by molar-refractivity contribution is 4.78. The minimum absolute atomic E-state index is 0.00325. The van der Waals surface area contributed by atoms with Gasteiger partial charge in [0, 0.05) is 13.1 Å². The largest absolute Gasteiger partial charge is 0.390 e. The summed E-state index contributed by atoms with van der Waals surface area (Å²) in [5.41, 5.74) is 0. The van der Waals surface area contributed by atoms with Crippen molar-refractivity contribution in [3.8, 4) is 0 Å². The highest BCUT2D eigenvalue weighted by Crippen LogP contribution is 2.13. The Balaban J connectivity index is 2.25. The van der Waals surface area contributed by atoms with Gasteiger partial charge < -0.3 is 9.84 Å². The van der Waals surface area contributed by atoms with Crippen LogP contribution in [0.15, 0.2) is 12.7 Å². The van der Waals surface area contributed by atoms with Crippen LogP contribution in [0.2, 0.25) is 0 Å². The third kappa shape index (κ3) is 4.33. The van der Waals surface area contributed by atoms with E-state index in [1.165, 1.54) is 0 Å². The monoisotopic (exact) mass is 213 g/mol. The summed E-state index contributed by atoms with van der Waals surface area (Å²) >= 11 is 0. The number of morpholine rings is 1. The predicted octanol–water partition coefficient (Wildman–Crippen LogP) is 1.42. The van der Waals surface area contributed by atoms with E-state index in [-0.39, 0.29) is 12.2 Å². The minimum atomic E-state index is -0.320. The molecule has 0 saturated carbocycles. The summed E-state index contributed by atoms with van der Waals surface area (Å²) in [4.78, 5) is 2.32. The second kappa shape index (κ2) is 6.99. The lowest BCUT2D eigenvalue weighted by molar-refractivity contribution is -0.0895. The first-order valence-electron chi connectivity index (χ1n) is 5.90. The molecule has 0 radical (unpaired) electrons. The van der Waals surface area contributed by atoms with Crippen molar-refractivity contribution in [1.82, 2.24) is 4.90 Å². The Labute approximate surface area is 92.7 Å². The smallest absolute Gasteiger partial charge is 0.0960 e. The van der Waals surface area contributed by atoms with Gasteiger partial charge in [-0.2, -0.15) is 0 Å². The fraction of sp³-hybridized carbons (Fsp3) is 0.833. The van der Waals surface area contributed by atoms with E-state index in [9.17, 15) is 5.11 Å². The fourth-order valence-corrected chi connectivity index (χ4v) is 1.91. The van der Waals surface area contributed by atoms with Gasteiger partial charge in [0.25, 0.3) is 0 Å². The third-order valence-electron chi connectivity index (χ3n) is 2.96. The van der Waals surface area contributed by atoms with Crippen LogP contribution in [0, 0.1) is 0 Å². The summed E-state index contributed by atoms with van der Waals surface area (Å²) in [6, 6.07) is 0. The van der Waals surface area contributed by atoms with Crippen LogP contribution in [0.4, 0.5) is 0 Å². The molecule has 0 spiro atoms. The molecule has 1 N–H and O–H groups in total. The van der Waals surface area contributed by atoms with Gasteiger partial charge in [0.2, 0.25) is 0 Å². The summed E-state index contributed by atoms with van der Waals surface area (Å²) < 4.78 is 5.58. The topological polar surface area (TPSA) is 32.7 Å². The van der Waals surface area contributed by atoms with Crippen molar-refractivity contribution in [2.24, 2.45) is 0 Å². The van der Waals surface area contributed by atoms with Gasteiger partial charge in [0.1, 0.15) is 0 Å². The minimum Gasteiger partial charge on any atom is -0.390 e. The summed E-state index contributed by atoms with van der Waals surface area (Å²) in [6.07, 6.45) is 4.36. The number of unbranched alkanes of at least 4 members (excludes halogenated alkanes) is 1. The van der Waals surface area contributed by atoms with Gasteiger partial charge in [-0.25, -0.2) is 0 Å². The summed E-state index contributed by atoms with van der Waals surface area (Å²) in [7, 11) is 0. The van der Waals surface area contributed by atoms with Crippen molar-refractivity contribution in [3.63, 3.8) is 0 Å². The fourth-order valence-electron chi connectivity index (χ4n) is 1.91. The van der Waals surface area contributed by atoms with Crippen LogP contribution in [0.3, 0.4) is 0 Å². The number of ether oxygens (including phenoxy) is 1. The van der Waals surface area contributed by atoms with Crippen molar-refractivity contribution in [1.29, 1.82) is 0 Å². The van der Waals surface area contributed by atoms with Gasteiger partial charge in [-0.1, -0.05) is 13.0 Å². The molecule has 3 heteroatoms. The van der Waals surface area contributed by atoms with Crippen molar-refractivity contribution < 1.29 is 9.84 Å². The molecular formula is C12H23NO2. The van der Waals surface area contributed by atoms with Crippen molar-refractivity contribution in [3.05, 3.63) is 12.7 Å². The van der Waals surface area contributed by atoms with Gasteiger partial charge in [-0.3, -0.25) is 4.90 Å². The molecule has 0 aromatic heterocycles. The first kappa shape index (κ1) is 12.7. The van der Waals surface area contributed by atoms with Crippen LogP contribution in [0.5, 0.6) is 0 Å². The zero-order valence-electron chi connectivity index (χ0n) is 9.69. The van der Waals surface area contributed by atoms with E-state index in [1.807, 2.05) is 6.08 Å². The second-order valence-electron chi connectivity index (χ2n) is 4.09. The average Bonchev–Trinajstić information content (AvgIpc) is 2.29. The van der Waals surface area contributed by atoms with E-state index in [0.29, 0.717) is 0 Å². The van der Waals surface area contributed by atoms with Crippen LogP contribution in [0.1, 0.15) is 26.2 Å². The lowest BCUT2D eigenvalue weighted by Gasteiger charge is -2.34. The molecule has 3 nitrogen and oxygen atoms in total. The molecule has 1 aliphatic rings. The number of rotatable bonds is 6. The SMILES string of the molecule is C=CCCCC(O)C1CN(CC)CCO1. The van der Waals surface area contributed by atoms with Crippen molar-refractivity contribution in [2.45, 2.75) is 38.4 Å². The van der Waals surface area contributed by atoms with Gasteiger partial charge >= 0.3 is 0 Å². The van der Waals surface area contributed by atoms with E-state index in [2.05, 4.69) is 18.4 Å². The molecule has 1 saturated heterocycles. The Bertz CT molecular complexity index is 184. The van der Waals surface area contributed by atoms with E-state index in [0.717, 1.165) is 45.5 Å². The molecular weight excluding hydrogens is 190 g/mol. The molecule has 1 rings (SSSR count). The Morgan fingerprint density at radius 1 is 1.67 bits per heavy atom. The number of aliphatic hydroxyl groups is 1. The molecule has 0 aliphatic carbocycles. The van der Waals surface area contributed by atoms with Gasteiger partial charge in [0.05, 0.1) is 18.8 Å². The Morgan fingerprint density at radius 3 is 3.13 bits per heavy atom. The normalized spacial score (nSPS) is 25.1. The molecule has 2 atom stereocenters. The van der Waals surface area contributed by atoms with Crippen LogP contribution in [-0.2, 0) is 4.74 Å². The van der Waals surface area contributed by atoms with Gasteiger partial charge in [-0.05, 0) is 25.8 Å². The number of hydrogen-bond donors (Lipinski definition) is 1. The standard InChI is InChI=1S/C12H23NO2/c1-3-5-6-7-11(14)12-10-13(4-2)8-9-15-12/h3,11-12,14H,1,4-10H2,2H3. The van der Waals surface area contributed by atoms with Crippen LogP contribution in [0.25, 0.3) is 0 Å². The van der Waals surface area contributed by atoms with Crippen molar-refractivity contribution in [2.75, 3.05) is 26.2 Å². The number of hydrogen-bond acceptors (Lipinski definition) is 3. The maximum atomic E-state index is 9.93. The van der Waals surface area contributed by atoms with E-state index >= 15 is 0 Å². The van der Waals surface area contributed by atoms with Crippen LogP contribution >= 0.6 is 0 Å². The number of aliphatic hydroxyl groups excluding tert-OH is 1. The number of allylic oxidation sites excluding steroid dienone is 1. The molecule has 0 amide bonds. The zero-order chi connectivity index (χ0) is 11.1. The second-order valence-corrected chi connectivity index (χ2v) is 4.09. The highest BCUT2D eigenvalue weighted by atomic mass is 16.5. The number of nitrogens with zero attached hydrogens (tertiary/aromatic N) is 1. The summed E-state index contributed by atoms with van der Waals surface area (Å²) in [5.74, 6) is 0. The molecule has 88 valence electrons.